The molecular weight excluding hydrogens is 400 g/mol. The van der Waals surface area contributed by atoms with E-state index >= 15 is 0 Å². The second kappa shape index (κ2) is 7.56. The summed E-state index contributed by atoms with van der Waals surface area (Å²) >= 11 is 6.74. The van der Waals surface area contributed by atoms with Crippen molar-refractivity contribution in [3.05, 3.63) is 52.3 Å². The van der Waals surface area contributed by atoms with Gasteiger partial charge in [0.25, 0.3) is 5.91 Å². The maximum Gasteiger partial charge on any atom is 0.275 e. The number of aromatic nitrogens is 1. The molecule has 1 aromatic heterocycles. The van der Waals surface area contributed by atoms with E-state index < -0.39 is 0 Å². The van der Waals surface area contributed by atoms with Crippen molar-refractivity contribution in [2.45, 2.75) is 12.3 Å². The quantitative estimate of drug-likeness (QED) is 0.739. The molecule has 21 heavy (non-hydrogen) atoms. The van der Waals surface area contributed by atoms with Crippen molar-refractivity contribution in [2.24, 2.45) is 0 Å². The predicted molar refractivity (Wildman–Crippen MR) is 90.1 cm³/mol. The van der Waals surface area contributed by atoms with Gasteiger partial charge in [0.1, 0.15) is 11.4 Å². The predicted octanol–water partition coefficient (Wildman–Crippen LogP) is 4.39. The third kappa shape index (κ3) is 4.04. The first kappa shape index (κ1) is 16.0. The van der Waals surface area contributed by atoms with Crippen LogP contribution in [0.25, 0.3) is 0 Å². The summed E-state index contributed by atoms with van der Waals surface area (Å²) in [6.07, 6.45) is 1.59. The van der Waals surface area contributed by atoms with Crippen LogP contribution in [0.15, 0.2) is 41.0 Å². The Morgan fingerprint density at radius 3 is 2.86 bits per heavy atom. The van der Waals surface area contributed by atoms with Crippen LogP contribution in [0, 0.1) is 0 Å². The second-order valence-corrected chi connectivity index (χ2v) is 5.59. The van der Waals surface area contributed by atoms with Crippen molar-refractivity contribution in [3.8, 4) is 5.75 Å². The van der Waals surface area contributed by atoms with Crippen molar-refractivity contribution in [3.63, 3.8) is 0 Å². The van der Waals surface area contributed by atoms with Gasteiger partial charge in [0.05, 0.1) is 6.61 Å². The number of halogens is 2. The van der Waals surface area contributed by atoms with E-state index in [4.69, 9.17) is 4.74 Å². The fourth-order valence-corrected chi connectivity index (χ4v) is 2.67. The van der Waals surface area contributed by atoms with Crippen LogP contribution in [0.5, 0.6) is 5.75 Å². The molecule has 4 nitrogen and oxygen atoms in total. The first-order valence-corrected chi connectivity index (χ1v) is 8.30. The zero-order chi connectivity index (χ0) is 15.2. The molecule has 0 spiro atoms. The largest absolute Gasteiger partial charge is 0.494 e. The van der Waals surface area contributed by atoms with E-state index in [1.807, 2.05) is 25.1 Å². The molecule has 1 heterocycles. The maximum absolute atomic E-state index is 12.2. The van der Waals surface area contributed by atoms with E-state index in [9.17, 15) is 4.79 Å². The van der Waals surface area contributed by atoms with Gasteiger partial charge in [-0.05, 0) is 53.2 Å². The fourth-order valence-electron chi connectivity index (χ4n) is 1.80. The van der Waals surface area contributed by atoms with Gasteiger partial charge in [-0.15, -0.1) is 0 Å². The molecule has 2 rings (SSSR count). The number of nitrogens with zero attached hydrogens (tertiary/aromatic N) is 1. The average Bonchev–Trinajstić information content (AvgIpc) is 2.49. The summed E-state index contributed by atoms with van der Waals surface area (Å²) < 4.78 is 6.19. The number of rotatable bonds is 5. The molecule has 0 aliphatic rings. The zero-order valence-corrected chi connectivity index (χ0v) is 14.6. The minimum absolute atomic E-state index is 0.257. The highest BCUT2D eigenvalue weighted by molar-refractivity contribution is 9.10. The molecule has 1 amide bonds. The molecule has 6 heteroatoms. The molecule has 0 bridgehead atoms. The number of anilines is 1. The number of hydrogen-bond acceptors (Lipinski definition) is 3. The SMILES string of the molecule is CCOc1ccc(NC(=O)c2ncccc2Br)cc1CBr. The van der Waals surface area contributed by atoms with Crippen molar-refractivity contribution in [2.75, 3.05) is 11.9 Å². The van der Waals surface area contributed by atoms with Crippen molar-refractivity contribution in [1.29, 1.82) is 0 Å². The number of ether oxygens (including phenoxy) is 1. The smallest absolute Gasteiger partial charge is 0.275 e. The number of amides is 1. The van der Waals surface area contributed by atoms with E-state index in [1.165, 1.54) is 0 Å². The first-order valence-electron chi connectivity index (χ1n) is 6.39. The lowest BCUT2D eigenvalue weighted by atomic mass is 10.2. The third-order valence-electron chi connectivity index (χ3n) is 2.74. The number of carbonyl (C=O) groups is 1. The summed E-state index contributed by atoms with van der Waals surface area (Å²) in [4.78, 5) is 16.3. The van der Waals surface area contributed by atoms with Crippen LogP contribution in [0.3, 0.4) is 0 Å². The van der Waals surface area contributed by atoms with Gasteiger partial charge in [0.2, 0.25) is 0 Å². The summed E-state index contributed by atoms with van der Waals surface area (Å²) in [6.45, 7) is 2.54. The highest BCUT2D eigenvalue weighted by Gasteiger charge is 2.12. The van der Waals surface area contributed by atoms with Crippen LogP contribution in [0.1, 0.15) is 23.0 Å². The molecule has 0 unspecified atom stereocenters. The summed E-state index contributed by atoms with van der Waals surface area (Å²) in [6, 6.07) is 9.09. The summed E-state index contributed by atoms with van der Waals surface area (Å²) in [5, 5.41) is 3.49. The number of carbonyl (C=O) groups excluding carboxylic acids is 1. The summed E-state index contributed by atoms with van der Waals surface area (Å²) in [5.74, 6) is 0.554. The molecule has 1 aromatic carbocycles. The van der Waals surface area contributed by atoms with Crippen LogP contribution in [0.4, 0.5) is 5.69 Å². The van der Waals surface area contributed by atoms with Gasteiger partial charge in [-0.25, -0.2) is 4.98 Å². The van der Waals surface area contributed by atoms with E-state index in [0.29, 0.717) is 27.8 Å². The minimum Gasteiger partial charge on any atom is -0.494 e. The molecule has 0 atom stereocenters. The van der Waals surface area contributed by atoms with Crippen LogP contribution in [-0.2, 0) is 5.33 Å². The lowest BCUT2D eigenvalue weighted by molar-refractivity contribution is 0.102. The lowest BCUT2D eigenvalue weighted by Gasteiger charge is -2.11. The van der Waals surface area contributed by atoms with Crippen molar-refractivity contribution in [1.82, 2.24) is 4.98 Å². The Labute approximate surface area is 140 Å². The van der Waals surface area contributed by atoms with Gasteiger partial charge in [-0.3, -0.25) is 4.79 Å². The Kier molecular flexibility index (Phi) is 5.76. The molecule has 2 aromatic rings. The number of nitrogens with one attached hydrogen (secondary N) is 1. The monoisotopic (exact) mass is 412 g/mol. The maximum atomic E-state index is 12.2. The molecule has 1 N–H and O–H groups in total. The fraction of sp³-hybridized carbons (Fsp3) is 0.200. The molecule has 0 aliphatic carbocycles. The molecule has 0 radical (unpaired) electrons. The standard InChI is InChI=1S/C15H14Br2N2O2/c1-2-21-13-6-5-11(8-10(13)9-16)19-15(20)14-12(17)4-3-7-18-14/h3-8H,2,9H2,1H3,(H,19,20). The van der Waals surface area contributed by atoms with Gasteiger partial charge in [-0.2, -0.15) is 0 Å². The van der Waals surface area contributed by atoms with Crippen LogP contribution >= 0.6 is 31.9 Å². The highest BCUT2D eigenvalue weighted by atomic mass is 79.9. The number of pyridine rings is 1. The normalized spacial score (nSPS) is 10.2. The number of benzene rings is 1. The number of hydrogen-bond donors (Lipinski definition) is 1. The Bertz CT molecular complexity index is 647. The van der Waals surface area contributed by atoms with Crippen LogP contribution in [-0.4, -0.2) is 17.5 Å². The zero-order valence-electron chi connectivity index (χ0n) is 11.4. The molecule has 0 aliphatic heterocycles. The molecule has 110 valence electrons. The second-order valence-electron chi connectivity index (χ2n) is 4.18. The van der Waals surface area contributed by atoms with Crippen molar-refractivity contribution >= 4 is 43.5 Å². The minimum atomic E-state index is -0.257. The molecule has 0 saturated heterocycles. The van der Waals surface area contributed by atoms with Gasteiger partial charge < -0.3 is 10.1 Å². The van der Waals surface area contributed by atoms with Gasteiger partial charge >= 0.3 is 0 Å². The average molecular weight is 414 g/mol. The van der Waals surface area contributed by atoms with E-state index in [2.05, 4.69) is 42.2 Å². The first-order chi connectivity index (χ1) is 10.2. The topological polar surface area (TPSA) is 51.2 Å². The van der Waals surface area contributed by atoms with E-state index in [-0.39, 0.29) is 5.91 Å². The van der Waals surface area contributed by atoms with E-state index in [0.717, 1.165) is 11.3 Å². The van der Waals surface area contributed by atoms with Gasteiger partial charge in [0.15, 0.2) is 0 Å². The Morgan fingerprint density at radius 1 is 1.38 bits per heavy atom. The highest BCUT2D eigenvalue weighted by Crippen LogP contribution is 2.25. The van der Waals surface area contributed by atoms with Crippen LogP contribution < -0.4 is 10.1 Å². The lowest BCUT2D eigenvalue weighted by Crippen LogP contribution is -2.14. The Balaban J connectivity index is 2.20. The Hall–Kier alpha value is -1.40. The van der Waals surface area contributed by atoms with Gasteiger partial charge in [0, 0.05) is 27.3 Å². The number of alkyl halides is 1. The third-order valence-corrected chi connectivity index (χ3v) is 3.98. The molecular formula is C15H14Br2N2O2. The van der Waals surface area contributed by atoms with Gasteiger partial charge in [-0.1, -0.05) is 15.9 Å². The molecule has 0 fully saturated rings. The van der Waals surface area contributed by atoms with Crippen molar-refractivity contribution < 1.29 is 9.53 Å². The van der Waals surface area contributed by atoms with Crippen LogP contribution in [0.2, 0.25) is 0 Å². The van der Waals surface area contributed by atoms with E-state index in [1.54, 1.807) is 18.3 Å². The Morgan fingerprint density at radius 2 is 2.19 bits per heavy atom. The summed E-state index contributed by atoms with van der Waals surface area (Å²) in [5.41, 5.74) is 2.04. The summed E-state index contributed by atoms with van der Waals surface area (Å²) in [7, 11) is 0. The molecule has 0 saturated carbocycles.